The molecule has 1 heterocycles. The Hall–Kier alpha value is -1.31. The number of hydrogen-bond acceptors (Lipinski definition) is 0. The fourth-order valence-corrected chi connectivity index (χ4v) is 3.05. The molecule has 2 nitrogen and oxygen atoms in total. The summed E-state index contributed by atoms with van der Waals surface area (Å²) in [4.78, 5) is 3.34. The predicted octanol–water partition coefficient (Wildman–Crippen LogP) is 3.43. The molecule has 1 aromatic carbocycles. The van der Waals surface area contributed by atoms with Gasteiger partial charge in [0.2, 0.25) is 6.33 Å². The van der Waals surface area contributed by atoms with E-state index in [4.69, 9.17) is 0 Å². The maximum atomic E-state index is 3.34. The van der Waals surface area contributed by atoms with Crippen LogP contribution in [0.5, 0.6) is 0 Å². The van der Waals surface area contributed by atoms with Crippen molar-refractivity contribution in [1.82, 2.24) is 4.98 Å². The molecule has 17 heavy (non-hydrogen) atoms. The molecule has 1 fully saturated rings. The molecule has 0 radical (unpaired) electrons. The van der Waals surface area contributed by atoms with E-state index in [2.05, 4.69) is 40.1 Å². The summed E-state index contributed by atoms with van der Waals surface area (Å²) in [6.45, 7) is 1.16. The zero-order valence-electron chi connectivity index (χ0n) is 10.4. The highest BCUT2D eigenvalue weighted by Gasteiger charge is 2.15. The number of hydrogen-bond donors (Lipinski definition) is 1. The van der Waals surface area contributed by atoms with Gasteiger partial charge < -0.3 is 0 Å². The highest BCUT2D eigenvalue weighted by atomic mass is 15.0. The number of rotatable bonds is 3. The minimum absolute atomic E-state index is 0.963. The predicted molar refractivity (Wildman–Crippen MR) is 69.7 cm³/mol. The number of benzene rings is 1. The standard InChI is InChI=1S/C15H20N2/c1-2-6-13(7-3-1)10-11-17-12-16-14-8-4-5-9-15(14)17/h4-5,8-9,12-13H,1-3,6-7,10-11H2/p+1. The van der Waals surface area contributed by atoms with Crippen LogP contribution < -0.4 is 4.57 Å². The summed E-state index contributed by atoms with van der Waals surface area (Å²) < 4.78 is 2.37. The van der Waals surface area contributed by atoms with Gasteiger partial charge in [-0.3, -0.25) is 0 Å². The number of imidazole rings is 1. The lowest BCUT2D eigenvalue weighted by Gasteiger charge is -2.20. The molecule has 0 unspecified atom stereocenters. The smallest absolute Gasteiger partial charge is 0.242 e. The molecule has 0 bridgehead atoms. The number of aromatic amines is 1. The highest BCUT2D eigenvalue weighted by molar-refractivity contribution is 5.70. The van der Waals surface area contributed by atoms with E-state index in [-0.39, 0.29) is 0 Å². The third kappa shape index (κ3) is 2.36. The van der Waals surface area contributed by atoms with Crippen molar-refractivity contribution in [2.75, 3.05) is 0 Å². The average Bonchev–Trinajstić information content (AvgIpc) is 2.81. The summed E-state index contributed by atoms with van der Waals surface area (Å²) in [5.41, 5.74) is 2.58. The van der Waals surface area contributed by atoms with Gasteiger partial charge in [-0.15, -0.1) is 0 Å². The van der Waals surface area contributed by atoms with Crippen molar-refractivity contribution < 1.29 is 4.57 Å². The van der Waals surface area contributed by atoms with Crippen molar-refractivity contribution in [3.8, 4) is 0 Å². The molecule has 1 aliphatic carbocycles. The molecule has 2 heteroatoms. The van der Waals surface area contributed by atoms with Gasteiger partial charge in [0.15, 0.2) is 11.0 Å². The quantitative estimate of drug-likeness (QED) is 0.778. The largest absolute Gasteiger partial charge is 0.243 e. The summed E-state index contributed by atoms with van der Waals surface area (Å²) in [5.74, 6) is 0.963. The molecule has 0 aliphatic heterocycles. The summed E-state index contributed by atoms with van der Waals surface area (Å²) in [5, 5.41) is 0. The van der Waals surface area contributed by atoms with E-state index in [1.165, 1.54) is 49.6 Å². The number of nitrogens with one attached hydrogen (secondary N) is 1. The van der Waals surface area contributed by atoms with Crippen molar-refractivity contribution in [1.29, 1.82) is 0 Å². The molecule has 0 spiro atoms. The van der Waals surface area contributed by atoms with Gasteiger partial charge >= 0.3 is 0 Å². The molecule has 1 aromatic heterocycles. The number of para-hydroxylation sites is 2. The van der Waals surface area contributed by atoms with Crippen molar-refractivity contribution in [2.45, 2.75) is 45.1 Å². The van der Waals surface area contributed by atoms with E-state index < -0.39 is 0 Å². The Bertz CT molecular complexity index is 480. The summed E-state index contributed by atoms with van der Waals surface area (Å²) in [6, 6.07) is 8.55. The topological polar surface area (TPSA) is 19.7 Å². The van der Waals surface area contributed by atoms with Crippen LogP contribution >= 0.6 is 0 Å². The maximum absolute atomic E-state index is 3.34. The number of fused-ring (bicyclic) bond motifs is 1. The van der Waals surface area contributed by atoms with E-state index in [1.807, 2.05) is 0 Å². The number of H-pyrrole nitrogens is 1. The zero-order chi connectivity index (χ0) is 11.5. The Morgan fingerprint density at radius 1 is 1.12 bits per heavy atom. The Morgan fingerprint density at radius 3 is 2.82 bits per heavy atom. The Kier molecular flexibility index (Phi) is 3.12. The van der Waals surface area contributed by atoms with E-state index in [1.54, 1.807) is 0 Å². The lowest BCUT2D eigenvalue weighted by Crippen LogP contribution is -2.33. The third-order valence-electron chi connectivity index (χ3n) is 4.09. The van der Waals surface area contributed by atoms with Crippen molar-refractivity contribution in [3.63, 3.8) is 0 Å². The van der Waals surface area contributed by atoms with Crippen LogP contribution in [-0.2, 0) is 6.54 Å². The number of aryl methyl sites for hydroxylation is 1. The first kappa shape index (κ1) is 10.8. The van der Waals surface area contributed by atoms with Gasteiger partial charge in [0.1, 0.15) is 0 Å². The molecule has 0 saturated heterocycles. The average molecular weight is 229 g/mol. The summed E-state index contributed by atoms with van der Waals surface area (Å²) >= 11 is 0. The molecule has 2 aromatic rings. The van der Waals surface area contributed by atoms with Gasteiger partial charge in [-0.1, -0.05) is 44.2 Å². The summed E-state index contributed by atoms with van der Waals surface area (Å²) in [7, 11) is 0. The van der Waals surface area contributed by atoms with Crippen LogP contribution in [0.25, 0.3) is 11.0 Å². The van der Waals surface area contributed by atoms with Crippen LogP contribution in [0, 0.1) is 5.92 Å². The van der Waals surface area contributed by atoms with E-state index >= 15 is 0 Å². The lowest BCUT2D eigenvalue weighted by atomic mass is 9.87. The number of nitrogens with zero attached hydrogens (tertiary/aromatic N) is 1. The second kappa shape index (κ2) is 4.91. The second-order valence-electron chi connectivity index (χ2n) is 5.28. The molecule has 0 amide bonds. The van der Waals surface area contributed by atoms with Gasteiger partial charge in [0.25, 0.3) is 0 Å². The first-order valence-electron chi connectivity index (χ1n) is 6.89. The minimum Gasteiger partial charge on any atom is -0.243 e. The summed E-state index contributed by atoms with van der Waals surface area (Å²) in [6.07, 6.45) is 10.7. The molecule has 0 atom stereocenters. The van der Waals surface area contributed by atoms with Gasteiger partial charge in [0.05, 0.1) is 6.54 Å². The van der Waals surface area contributed by atoms with Crippen molar-refractivity contribution in [3.05, 3.63) is 30.6 Å². The molecule has 3 rings (SSSR count). The monoisotopic (exact) mass is 229 g/mol. The maximum Gasteiger partial charge on any atom is 0.242 e. The van der Waals surface area contributed by atoms with Crippen molar-refractivity contribution in [2.24, 2.45) is 5.92 Å². The molecule has 90 valence electrons. The van der Waals surface area contributed by atoms with Crippen LogP contribution in [0.1, 0.15) is 38.5 Å². The lowest BCUT2D eigenvalue weighted by molar-refractivity contribution is -0.672. The van der Waals surface area contributed by atoms with E-state index in [0.29, 0.717) is 0 Å². The number of aromatic nitrogens is 2. The van der Waals surface area contributed by atoms with Gasteiger partial charge in [-0.2, -0.15) is 0 Å². The first-order valence-corrected chi connectivity index (χ1v) is 6.89. The zero-order valence-corrected chi connectivity index (χ0v) is 10.4. The van der Waals surface area contributed by atoms with Crippen molar-refractivity contribution >= 4 is 11.0 Å². The van der Waals surface area contributed by atoms with Crippen LogP contribution in [-0.4, -0.2) is 4.98 Å². The van der Waals surface area contributed by atoms with Gasteiger partial charge in [-0.25, -0.2) is 9.55 Å². The second-order valence-corrected chi connectivity index (χ2v) is 5.28. The molecular weight excluding hydrogens is 208 g/mol. The van der Waals surface area contributed by atoms with Crippen LogP contribution in [0.15, 0.2) is 30.6 Å². The van der Waals surface area contributed by atoms with E-state index in [9.17, 15) is 0 Å². The third-order valence-corrected chi connectivity index (χ3v) is 4.09. The fraction of sp³-hybridized carbons (Fsp3) is 0.533. The van der Waals surface area contributed by atoms with Gasteiger partial charge in [0, 0.05) is 0 Å². The minimum atomic E-state index is 0.963. The Morgan fingerprint density at radius 2 is 1.94 bits per heavy atom. The first-order chi connectivity index (χ1) is 8.43. The SMILES string of the molecule is c1ccc2c(c1)[nH]c[n+]2CCC1CCCCC1. The molecular formula is C15H21N2+. The van der Waals surface area contributed by atoms with Crippen LogP contribution in [0.3, 0.4) is 0 Å². The normalized spacial score (nSPS) is 17.6. The molecule has 1 N–H and O–H groups in total. The van der Waals surface area contributed by atoms with Crippen LogP contribution in [0.2, 0.25) is 0 Å². The fourth-order valence-electron chi connectivity index (χ4n) is 3.05. The molecule has 1 saturated carbocycles. The Balaban J connectivity index is 1.68. The molecule has 1 aliphatic rings. The van der Waals surface area contributed by atoms with Crippen LogP contribution in [0.4, 0.5) is 0 Å². The van der Waals surface area contributed by atoms with E-state index in [0.717, 1.165) is 12.5 Å². The Labute approximate surface area is 103 Å². The highest BCUT2D eigenvalue weighted by Crippen LogP contribution is 2.26. The van der Waals surface area contributed by atoms with Gasteiger partial charge in [-0.05, 0) is 24.5 Å².